The molecule has 0 unspecified atom stereocenters. The first-order chi connectivity index (χ1) is 9.28. The molecule has 3 aromatic rings. The zero-order chi connectivity index (χ0) is 13.0. The van der Waals surface area contributed by atoms with Crippen LogP contribution in [0.1, 0.15) is 12.7 Å². The van der Waals surface area contributed by atoms with E-state index in [2.05, 4.69) is 63.8 Å². The van der Waals surface area contributed by atoms with E-state index in [1.54, 1.807) is 0 Å². The first-order valence-corrected chi connectivity index (χ1v) is 7.87. The van der Waals surface area contributed by atoms with Gasteiger partial charge in [0.05, 0.1) is 16.7 Å². The number of hydrogen-bond acceptors (Lipinski definition) is 2. The first kappa shape index (κ1) is 11.6. The van der Waals surface area contributed by atoms with Gasteiger partial charge < -0.3 is 0 Å². The number of hydrogen-bond donors (Lipinski definition) is 0. The highest BCUT2D eigenvalue weighted by atomic mass is 79.9. The Hall–Kier alpha value is -1.26. The molecule has 2 nitrogen and oxygen atoms in total. The lowest BCUT2D eigenvalue weighted by molar-refractivity contribution is 0.887. The van der Waals surface area contributed by atoms with Crippen LogP contribution in [0.25, 0.3) is 16.7 Å². The zero-order valence-electron chi connectivity index (χ0n) is 10.4. The second-order valence-corrected chi connectivity index (χ2v) is 6.55. The van der Waals surface area contributed by atoms with Crippen molar-refractivity contribution in [2.24, 2.45) is 0 Å². The van der Waals surface area contributed by atoms with Crippen LogP contribution in [0.5, 0.6) is 0 Å². The van der Waals surface area contributed by atoms with Crippen LogP contribution in [0.2, 0.25) is 0 Å². The van der Waals surface area contributed by atoms with Crippen LogP contribution in [-0.2, 0) is 6.42 Å². The molecule has 2 heterocycles. The molecule has 0 radical (unpaired) electrons. The Morgan fingerprint density at radius 3 is 2.95 bits per heavy atom. The molecule has 0 bridgehead atoms. The van der Waals surface area contributed by atoms with E-state index in [0.717, 1.165) is 22.2 Å². The predicted octanol–water partition coefficient (Wildman–Crippen LogP) is 4.82. The van der Waals surface area contributed by atoms with E-state index in [4.69, 9.17) is 4.98 Å². The smallest absolute Gasteiger partial charge is 0.114 e. The minimum atomic E-state index is 0.935. The Morgan fingerprint density at radius 1 is 1.21 bits per heavy atom. The summed E-state index contributed by atoms with van der Waals surface area (Å²) < 4.78 is 3.41. The van der Waals surface area contributed by atoms with Gasteiger partial charge in [0.15, 0.2) is 0 Å². The van der Waals surface area contributed by atoms with Gasteiger partial charge in [0.2, 0.25) is 0 Å². The lowest BCUT2D eigenvalue weighted by Crippen LogP contribution is -2.05. The van der Waals surface area contributed by atoms with Crippen molar-refractivity contribution in [1.29, 1.82) is 0 Å². The Balaban J connectivity index is 2.18. The van der Waals surface area contributed by atoms with Crippen LogP contribution in [0.4, 0.5) is 0 Å². The lowest BCUT2D eigenvalue weighted by Gasteiger charge is -2.20. The van der Waals surface area contributed by atoms with Crippen LogP contribution in [0.15, 0.2) is 50.7 Å². The van der Waals surface area contributed by atoms with Crippen molar-refractivity contribution < 1.29 is 0 Å². The lowest BCUT2D eigenvalue weighted by atomic mass is 10.2. The molecular weight excluding hydrogens is 320 g/mol. The van der Waals surface area contributed by atoms with E-state index in [9.17, 15) is 0 Å². The van der Waals surface area contributed by atoms with Gasteiger partial charge >= 0.3 is 0 Å². The average molecular weight is 331 g/mol. The first-order valence-electron chi connectivity index (χ1n) is 6.26. The fourth-order valence-electron chi connectivity index (χ4n) is 2.59. The van der Waals surface area contributed by atoms with Crippen molar-refractivity contribution in [3.05, 3.63) is 46.7 Å². The number of rotatable bonds is 1. The molecule has 1 aliphatic heterocycles. The second kappa shape index (κ2) is 4.12. The van der Waals surface area contributed by atoms with Gasteiger partial charge in [0, 0.05) is 20.7 Å². The van der Waals surface area contributed by atoms with Gasteiger partial charge in [0.1, 0.15) is 5.82 Å². The number of para-hydroxylation sites is 1. The number of fused-ring (bicyclic) bond motifs is 2. The highest BCUT2D eigenvalue weighted by Crippen LogP contribution is 2.44. The molecule has 0 saturated heterocycles. The summed E-state index contributed by atoms with van der Waals surface area (Å²) >= 11 is 5.40. The van der Waals surface area contributed by atoms with Crippen molar-refractivity contribution in [3.8, 4) is 5.69 Å². The summed E-state index contributed by atoms with van der Waals surface area (Å²) in [6, 6.07) is 12.8. The summed E-state index contributed by atoms with van der Waals surface area (Å²) in [4.78, 5) is 7.34. The number of benzene rings is 2. The zero-order valence-corrected chi connectivity index (χ0v) is 12.8. The second-order valence-electron chi connectivity index (χ2n) is 4.55. The van der Waals surface area contributed by atoms with Gasteiger partial charge in [-0.1, -0.05) is 40.7 Å². The fraction of sp³-hybridized carbons (Fsp3) is 0.133. The van der Waals surface area contributed by atoms with E-state index in [1.807, 2.05) is 11.8 Å². The molecule has 4 heteroatoms. The molecule has 0 saturated carbocycles. The summed E-state index contributed by atoms with van der Waals surface area (Å²) in [7, 11) is 0. The predicted molar refractivity (Wildman–Crippen MR) is 82.3 cm³/mol. The van der Waals surface area contributed by atoms with Crippen molar-refractivity contribution >= 4 is 38.7 Å². The number of halogens is 1. The number of imidazole rings is 1. The number of nitrogens with zero attached hydrogens (tertiary/aromatic N) is 2. The largest absolute Gasteiger partial charge is 0.294 e. The molecule has 1 aliphatic rings. The van der Waals surface area contributed by atoms with E-state index in [-0.39, 0.29) is 0 Å². The van der Waals surface area contributed by atoms with Gasteiger partial charge in [-0.25, -0.2) is 4.98 Å². The summed E-state index contributed by atoms with van der Waals surface area (Å²) in [6.45, 7) is 2.16. The molecule has 0 atom stereocenters. The number of aryl methyl sites for hydroxylation is 1. The van der Waals surface area contributed by atoms with Crippen LogP contribution in [0.3, 0.4) is 0 Å². The van der Waals surface area contributed by atoms with Gasteiger partial charge in [-0.05, 0) is 30.3 Å². The Bertz CT molecular complexity index is 807. The molecule has 0 N–H and O–H groups in total. The van der Waals surface area contributed by atoms with Gasteiger partial charge in [0.25, 0.3) is 0 Å². The van der Waals surface area contributed by atoms with Crippen molar-refractivity contribution in [1.82, 2.24) is 9.55 Å². The van der Waals surface area contributed by atoms with Crippen LogP contribution < -0.4 is 0 Å². The maximum absolute atomic E-state index is 4.77. The van der Waals surface area contributed by atoms with Crippen molar-refractivity contribution in [3.63, 3.8) is 0 Å². The SMILES string of the molecule is CCc1nc2cccc3c2n1-c1cc(Br)ccc1S3. The third-order valence-corrected chi connectivity index (χ3v) is 5.01. The topological polar surface area (TPSA) is 17.8 Å². The molecule has 0 spiro atoms. The third kappa shape index (κ3) is 1.60. The van der Waals surface area contributed by atoms with Crippen molar-refractivity contribution in [2.45, 2.75) is 23.1 Å². The molecule has 19 heavy (non-hydrogen) atoms. The highest BCUT2D eigenvalue weighted by molar-refractivity contribution is 9.10. The Kier molecular flexibility index (Phi) is 2.50. The van der Waals surface area contributed by atoms with E-state index < -0.39 is 0 Å². The summed E-state index contributed by atoms with van der Waals surface area (Å²) in [5, 5.41) is 0. The Morgan fingerprint density at radius 2 is 2.11 bits per heavy atom. The van der Waals surface area contributed by atoms with Crippen molar-refractivity contribution in [2.75, 3.05) is 0 Å². The molecule has 0 fully saturated rings. The minimum absolute atomic E-state index is 0.935. The maximum Gasteiger partial charge on any atom is 0.114 e. The van der Waals surface area contributed by atoms with Crippen LogP contribution >= 0.6 is 27.7 Å². The van der Waals surface area contributed by atoms with Gasteiger partial charge in [-0.3, -0.25) is 4.57 Å². The van der Waals surface area contributed by atoms with Gasteiger partial charge in [-0.2, -0.15) is 0 Å². The molecular formula is C15H11BrN2S. The highest BCUT2D eigenvalue weighted by Gasteiger charge is 2.22. The molecule has 0 aliphatic carbocycles. The number of aromatic nitrogens is 2. The fourth-order valence-corrected chi connectivity index (χ4v) is 4.01. The quantitative estimate of drug-likeness (QED) is 0.498. The van der Waals surface area contributed by atoms with Crippen LogP contribution in [-0.4, -0.2) is 9.55 Å². The third-order valence-electron chi connectivity index (χ3n) is 3.41. The standard InChI is InChI=1S/C15H11BrN2S/c1-2-14-17-10-4-3-5-13-15(10)18(14)11-8-9(16)6-7-12(11)19-13/h3-8H,2H2,1H3. The minimum Gasteiger partial charge on any atom is -0.294 e. The molecule has 2 aromatic carbocycles. The summed E-state index contributed by atoms with van der Waals surface area (Å²) in [6.07, 6.45) is 0.935. The Labute approximate surface area is 124 Å². The molecule has 0 amide bonds. The normalized spacial score (nSPS) is 12.7. The summed E-state index contributed by atoms with van der Waals surface area (Å²) in [5.41, 5.74) is 3.57. The monoisotopic (exact) mass is 330 g/mol. The van der Waals surface area contributed by atoms with E-state index in [1.165, 1.54) is 21.0 Å². The maximum atomic E-state index is 4.77. The molecule has 94 valence electrons. The van der Waals surface area contributed by atoms with Crippen LogP contribution in [0, 0.1) is 0 Å². The summed E-state index contributed by atoms with van der Waals surface area (Å²) in [5.74, 6) is 1.13. The average Bonchev–Trinajstić information content (AvgIpc) is 2.80. The van der Waals surface area contributed by atoms with E-state index in [0.29, 0.717) is 0 Å². The van der Waals surface area contributed by atoms with Gasteiger partial charge in [-0.15, -0.1) is 0 Å². The van der Waals surface area contributed by atoms with E-state index >= 15 is 0 Å². The molecule has 1 aromatic heterocycles. The molecule has 4 rings (SSSR count).